The Balaban J connectivity index is 0.00000280. The van der Waals surface area contributed by atoms with Crippen LogP contribution in [-0.4, -0.2) is 47.0 Å². The number of hydrogen-bond donors (Lipinski definition) is 2. The second kappa shape index (κ2) is 11.2. The van der Waals surface area contributed by atoms with Crippen molar-refractivity contribution in [3.8, 4) is 5.75 Å². The summed E-state index contributed by atoms with van der Waals surface area (Å²) in [5.74, 6) is 3.70. The molecule has 1 unspecified atom stereocenters. The molecule has 154 valence electrons. The molecule has 0 radical (unpaired) electrons. The Labute approximate surface area is 184 Å². The Kier molecular flexibility index (Phi) is 9.01. The topological polar surface area (TPSA) is 76.4 Å². The van der Waals surface area contributed by atoms with Gasteiger partial charge in [0.05, 0.1) is 13.2 Å². The summed E-state index contributed by atoms with van der Waals surface area (Å²) in [5, 5.41) is 11.4. The number of rotatable bonds is 7. The van der Waals surface area contributed by atoms with Crippen LogP contribution >= 0.6 is 24.0 Å². The van der Waals surface area contributed by atoms with Crippen LogP contribution in [0.1, 0.15) is 37.0 Å². The number of guanidine groups is 1. The van der Waals surface area contributed by atoms with Crippen LogP contribution in [-0.2, 0) is 19.4 Å². The molecule has 0 bridgehead atoms. The van der Waals surface area contributed by atoms with E-state index in [0.29, 0.717) is 6.04 Å². The van der Waals surface area contributed by atoms with Crippen molar-refractivity contribution in [1.29, 1.82) is 0 Å². The molecule has 7 nitrogen and oxygen atoms in total. The summed E-state index contributed by atoms with van der Waals surface area (Å²) >= 11 is 0. The molecule has 1 aromatic heterocycles. The molecule has 0 spiro atoms. The number of nitrogens with zero attached hydrogens (tertiary/aromatic N) is 4. The molecule has 1 aliphatic heterocycles. The number of hydrogen-bond acceptors (Lipinski definition) is 4. The standard InChI is InChI=1S/C20H30N6O.HI/c1-4-12-27-18-7-5-6-16(13-18)10-11-22-20(21-3)24-17-8-9-19-23-15(2)25-26(19)14-17;/h5-7,13,17H,4,8-12,14H2,1-3H3,(H2,21,22,24);1H. The van der Waals surface area contributed by atoms with E-state index in [2.05, 4.69) is 44.8 Å². The van der Waals surface area contributed by atoms with Crippen LogP contribution in [0.5, 0.6) is 5.75 Å². The summed E-state index contributed by atoms with van der Waals surface area (Å²) in [4.78, 5) is 8.82. The van der Waals surface area contributed by atoms with Crippen molar-refractivity contribution in [2.75, 3.05) is 20.2 Å². The van der Waals surface area contributed by atoms with Gasteiger partial charge in [0.1, 0.15) is 17.4 Å². The first-order valence-electron chi connectivity index (χ1n) is 9.77. The number of benzene rings is 1. The van der Waals surface area contributed by atoms with E-state index in [1.54, 1.807) is 0 Å². The van der Waals surface area contributed by atoms with Crippen LogP contribution in [0.15, 0.2) is 29.3 Å². The van der Waals surface area contributed by atoms with Crippen molar-refractivity contribution in [3.63, 3.8) is 0 Å². The van der Waals surface area contributed by atoms with E-state index in [1.165, 1.54) is 5.56 Å². The Bertz CT molecular complexity index is 776. The summed E-state index contributed by atoms with van der Waals surface area (Å²) in [6, 6.07) is 8.62. The maximum atomic E-state index is 5.71. The summed E-state index contributed by atoms with van der Waals surface area (Å²) in [7, 11) is 1.81. The summed E-state index contributed by atoms with van der Waals surface area (Å²) in [5.41, 5.74) is 1.26. The van der Waals surface area contributed by atoms with Gasteiger partial charge in [0.2, 0.25) is 0 Å². The predicted octanol–water partition coefficient (Wildman–Crippen LogP) is 2.72. The molecule has 2 N–H and O–H groups in total. The molecule has 0 fully saturated rings. The van der Waals surface area contributed by atoms with Crippen molar-refractivity contribution in [3.05, 3.63) is 41.5 Å². The number of aromatic nitrogens is 3. The zero-order valence-electron chi connectivity index (χ0n) is 16.9. The first-order chi connectivity index (χ1) is 13.2. The first-order valence-corrected chi connectivity index (χ1v) is 9.77. The molecule has 0 saturated heterocycles. The van der Waals surface area contributed by atoms with Gasteiger partial charge in [0.15, 0.2) is 5.96 Å². The average molecular weight is 498 g/mol. The summed E-state index contributed by atoms with van der Waals surface area (Å²) in [6.07, 6.45) is 3.92. The minimum absolute atomic E-state index is 0. The van der Waals surface area contributed by atoms with Crippen LogP contribution in [0.2, 0.25) is 0 Å². The van der Waals surface area contributed by atoms with E-state index in [9.17, 15) is 0 Å². The highest BCUT2D eigenvalue weighted by molar-refractivity contribution is 14.0. The second-order valence-corrected chi connectivity index (χ2v) is 6.88. The number of fused-ring (bicyclic) bond motifs is 1. The fraction of sp³-hybridized carbons (Fsp3) is 0.550. The van der Waals surface area contributed by atoms with E-state index >= 15 is 0 Å². The largest absolute Gasteiger partial charge is 0.494 e. The number of halogens is 1. The zero-order chi connectivity index (χ0) is 19.1. The van der Waals surface area contributed by atoms with Gasteiger partial charge in [-0.25, -0.2) is 9.67 Å². The van der Waals surface area contributed by atoms with Crippen molar-refractivity contribution in [1.82, 2.24) is 25.4 Å². The van der Waals surface area contributed by atoms with Gasteiger partial charge in [-0.1, -0.05) is 19.1 Å². The molecule has 2 heterocycles. The molecule has 0 saturated carbocycles. The third kappa shape index (κ3) is 6.35. The molecule has 0 amide bonds. The average Bonchev–Trinajstić information content (AvgIpc) is 3.05. The minimum atomic E-state index is 0. The SMILES string of the molecule is CCCOc1cccc(CCNC(=NC)NC2CCc3nc(C)nn3C2)c1.I. The van der Waals surface area contributed by atoms with Gasteiger partial charge in [0, 0.05) is 26.1 Å². The third-order valence-electron chi connectivity index (χ3n) is 4.61. The highest BCUT2D eigenvalue weighted by Crippen LogP contribution is 2.14. The van der Waals surface area contributed by atoms with Crippen LogP contribution < -0.4 is 15.4 Å². The molecule has 28 heavy (non-hydrogen) atoms. The highest BCUT2D eigenvalue weighted by Gasteiger charge is 2.21. The monoisotopic (exact) mass is 498 g/mol. The Morgan fingerprint density at radius 2 is 2.25 bits per heavy atom. The van der Waals surface area contributed by atoms with Crippen molar-refractivity contribution in [2.45, 2.75) is 52.1 Å². The van der Waals surface area contributed by atoms with Gasteiger partial charge >= 0.3 is 0 Å². The number of nitrogens with one attached hydrogen (secondary N) is 2. The highest BCUT2D eigenvalue weighted by atomic mass is 127. The fourth-order valence-electron chi connectivity index (χ4n) is 3.28. The molecular formula is C20H31IN6O. The van der Waals surface area contributed by atoms with Gasteiger partial charge in [-0.2, -0.15) is 5.10 Å². The Morgan fingerprint density at radius 3 is 3.04 bits per heavy atom. The predicted molar refractivity (Wildman–Crippen MR) is 123 cm³/mol. The molecule has 3 rings (SSSR count). The van der Waals surface area contributed by atoms with Crippen LogP contribution in [0.25, 0.3) is 0 Å². The maximum Gasteiger partial charge on any atom is 0.191 e. The van der Waals surface area contributed by atoms with Gasteiger partial charge < -0.3 is 15.4 Å². The van der Waals surface area contributed by atoms with E-state index in [1.807, 2.05) is 30.8 Å². The first kappa shape index (κ1) is 22.4. The van der Waals surface area contributed by atoms with Crippen LogP contribution in [0, 0.1) is 6.92 Å². The second-order valence-electron chi connectivity index (χ2n) is 6.88. The van der Waals surface area contributed by atoms with E-state index in [0.717, 1.165) is 68.7 Å². The molecule has 0 aliphatic carbocycles. The number of aliphatic imine (C=N–C) groups is 1. The number of ether oxygens (including phenoxy) is 1. The van der Waals surface area contributed by atoms with E-state index in [-0.39, 0.29) is 24.0 Å². The Morgan fingerprint density at radius 1 is 1.39 bits per heavy atom. The lowest BCUT2D eigenvalue weighted by atomic mass is 10.1. The zero-order valence-corrected chi connectivity index (χ0v) is 19.3. The van der Waals surface area contributed by atoms with Gasteiger partial charge in [-0.05, 0) is 43.9 Å². The fourth-order valence-corrected chi connectivity index (χ4v) is 3.28. The summed E-state index contributed by atoms with van der Waals surface area (Å²) < 4.78 is 7.71. The lowest BCUT2D eigenvalue weighted by molar-refractivity contribution is 0.317. The van der Waals surface area contributed by atoms with Crippen LogP contribution in [0.4, 0.5) is 0 Å². The van der Waals surface area contributed by atoms with Crippen molar-refractivity contribution < 1.29 is 4.74 Å². The Hall–Kier alpha value is -1.84. The van der Waals surface area contributed by atoms with Crippen LogP contribution in [0.3, 0.4) is 0 Å². The quantitative estimate of drug-likeness (QED) is 0.349. The minimum Gasteiger partial charge on any atom is -0.494 e. The molecular weight excluding hydrogens is 467 g/mol. The lowest BCUT2D eigenvalue weighted by Gasteiger charge is -2.25. The molecule has 1 aliphatic rings. The van der Waals surface area contributed by atoms with Gasteiger partial charge in [-0.15, -0.1) is 24.0 Å². The maximum absolute atomic E-state index is 5.71. The molecule has 2 aromatic rings. The molecule has 8 heteroatoms. The normalized spacial score (nSPS) is 16.1. The number of aryl methyl sites for hydroxylation is 2. The van der Waals surface area contributed by atoms with Gasteiger partial charge in [-0.3, -0.25) is 4.99 Å². The van der Waals surface area contributed by atoms with Crippen molar-refractivity contribution in [2.24, 2.45) is 4.99 Å². The lowest BCUT2D eigenvalue weighted by Crippen LogP contribution is -2.47. The van der Waals surface area contributed by atoms with E-state index < -0.39 is 0 Å². The van der Waals surface area contributed by atoms with E-state index in [4.69, 9.17) is 4.74 Å². The van der Waals surface area contributed by atoms with Crippen molar-refractivity contribution >= 4 is 29.9 Å². The smallest absolute Gasteiger partial charge is 0.191 e. The summed E-state index contributed by atoms with van der Waals surface area (Å²) in [6.45, 7) is 6.46. The van der Waals surface area contributed by atoms with Gasteiger partial charge in [0.25, 0.3) is 0 Å². The molecule has 1 aromatic carbocycles. The third-order valence-corrected chi connectivity index (χ3v) is 4.61. The molecule has 1 atom stereocenters.